The van der Waals surface area contributed by atoms with Gasteiger partial charge in [0.1, 0.15) is 0 Å². The number of carbonyl (C=O) groups excluding carboxylic acids is 4. The zero-order chi connectivity index (χ0) is 44.7. The minimum atomic E-state index is -3.47. The number of aromatic amines is 1. The summed E-state index contributed by atoms with van der Waals surface area (Å²) < 4.78 is 27.0. The van der Waals surface area contributed by atoms with Crippen LogP contribution in [-0.2, 0) is 45.3 Å². The minimum absolute atomic E-state index is 0.0135. The standard InChI is InChI=1S/C26H35N3O4S.C25H33N3O2/c1-28(16-25(30)27-20-10-11-20)26(31)19-9-13-24-22(15-19)21-14-18(17-6-4-3-5-7-17)8-12-23(21)29(24)34(2,32)33;1-28(15-24(29)26-19-9-10-19)25(30)18-8-12-23-21(14-18)20-13-17(7-11-22(20)27-23)16-5-3-2-4-6-16/h9,13,15,17-18,20H,3-8,10-12,14,16H2,1-2H3,(H,27,30);8,12,14,16-17,19,27H,2-7,9-11,13,15H2,1H3,(H,26,29). The molecule has 4 saturated carbocycles. The molecule has 2 atom stereocenters. The molecule has 0 spiro atoms. The van der Waals surface area contributed by atoms with Gasteiger partial charge in [-0.2, -0.15) is 0 Å². The fourth-order valence-corrected chi connectivity index (χ4v) is 12.8. The quantitative estimate of drug-likeness (QED) is 0.140. The first-order valence-electron chi connectivity index (χ1n) is 24.4. The fraction of sp³-hybridized carbons (Fsp3) is 0.608. The predicted octanol–water partition coefficient (Wildman–Crippen LogP) is 7.69. The summed E-state index contributed by atoms with van der Waals surface area (Å²) in [6, 6.07) is 11.8. The van der Waals surface area contributed by atoms with Gasteiger partial charge in [-0.25, -0.2) is 12.4 Å². The van der Waals surface area contributed by atoms with Crippen LogP contribution in [0.3, 0.4) is 0 Å². The minimum Gasteiger partial charge on any atom is -0.358 e. The van der Waals surface area contributed by atoms with Gasteiger partial charge in [0.2, 0.25) is 21.8 Å². The summed E-state index contributed by atoms with van der Waals surface area (Å²) in [4.78, 5) is 56.9. The molecule has 4 fully saturated rings. The lowest BCUT2D eigenvalue weighted by Crippen LogP contribution is -2.39. The van der Waals surface area contributed by atoms with E-state index in [0.29, 0.717) is 34.5 Å². The number of amides is 4. The predicted molar refractivity (Wildman–Crippen MR) is 251 cm³/mol. The molecule has 2 aromatic heterocycles. The van der Waals surface area contributed by atoms with E-state index in [1.807, 2.05) is 24.3 Å². The highest BCUT2D eigenvalue weighted by Gasteiger charge is 2.34. The number of nitrogens with zero attached hydrogens (tertiary/aromatic N) is 3. The maximum absolute atomic E-state index is 13.1. The monoisotopic (exact) mass is 892 g/mol. The van der Waals surface area contributed by atoms with E-state index in [2.05, 4.69) is 15.6 Å². The molecule has 64 heavy (non-hydrogen) atoms. The first-order valence-corrected chi connectivity index (χ1v) is 26.3. The SMILES string of the molecule is CN(CC(=O)NC1CC1)C(=O)c1ccc2[nH]c3c(c2c1)CC(C1CCCCC1)CC3.CN(CC(=O)NC1CC1)C(=O)c1ccc2c(c1)c1c(n2S(C)(=O)=O)CCC(C2CCCCC2)C1. The zero-order valence-electron chi connectivity index (χ0n) is 38.2. The lowest BCUT2D eigenvalue weighted by molar-refractivity contribution is -0.122. The molecular formula is C51H68N6O6S. The Morgan fingerprint density at radius 1 is 0.625 bits per heavy atom. The van der Waals surface area contributed by atoms with Crippen LogP contribution in [0.2, 0.25) is 0 Å². The van der Waals surface area contributed by atoms with Crippen LogP contribution in [0.5, 0.6) is 0 Å². The van der Waals surface area contributed by atoms with E-state index >= 15 is 0 Å². The Hall–Kier alpha value is -4.65. The van der Waals surface area contributed by atoms with Gasteiger partial charge in [-0.15, -0.1) is 0 Å². The Morgan fingerprint density at radius 2 is 1.12 bits per heavy atom. The topological polar surface area (TPSA) is 154 Å². The van der Waals surface area contributed by atoms with Gasteiger partial charge in [0, 0.05) is 65.0 Å². The van der Waals surface area contributed by atoms with Crippen molar-refractivity contribution in [2.45, 2.75) is 141 Å². The zero-order valence-corrected chi connectivity index (χ0v) is 39.0. The number of H-pyrrole nitrogens is 1. The number of benzene rings is 2. The Bertz CT molecular complexity index is 2520. The number of carbonyl (C=O) groups is 4. The largest absolute Gasteiger partial charge is 0.358 e. The molecule has 0 bridgehead atoms. The molecule has 0 radical (unpaired) electrons. The Morgan fingerprint density at radius 3 is 1.66 bits per heavy atom. The van der Waals surface area contributed by atoms with Crippen molar-refractivity contribution >= 4 is 55.5 Å². The number of fused-ring (bicyclic) bond motifs is 6. The summed E-state index contributed by atoms with van der Waals surface area (Å²) in [5.41, 5.74) is 7.71. The first-order chi connectivity index (χ1) is 30.8. The van der Waals surface area contributed by atoms with E-state index < -0.39 is 10.0 Å². The lowest BCUT2D eigenvalue weighted by Gasteiger charge is -2.33. The molecule has 6 aliphatic rings. The van der Waals surface area contributed by atoms with Crippen LogP contribution in [0.1, 0.15) is 146 Å². The number of hydrogen-bond donors (Lipinski definition) is 3. The number of hydrogen-bond acceptors (Lipinski definition) is 6. The van der Waals surface area contributed by atoms with Crippen molar-refractivity contribution in [1.29, 1.82) is 0 Å². The summed E-state index contributed by atoms with van der Waals surface area (Å²) >= 11 is 0. The number of aryl methyl sites for hydroxylation is 1. The normalized spacial score (nSPS) is 21.6. The highest BCUT2D eigenvalue weighted by atomic mass is 32.2. The third kappa shape index (κ3) is 9.94. The van der Waals surface area contributed by atoms with Gasteiger partial charge in [-0.05, 0) is 135 Å². The van der Waals surface area contributed by atoms with Gasteiger partial charge in [-0.3, -0.25) is 19.2 Å². The molecule has 2 aromatic carbocycles. The molecule has 12 nitrogen and oxygen atoms in total. The van der Waals surface area contributed by atoms with Crippen LogP contribution >= 0.6 is 0 Å². The third-order valence-electron chi connectivity index (χ3n) is 15.4. The summed E-state index contributed by atoms with van der Waals surface area (Å²) in [6.45, 7) is 0.127. The van der Waals surface area contributed by atoms with E-state index in [9.17, 15) is 27.6 Å². The molecule has 4 amide bonds. The molecule has 0 aliphatic heterocycles. The molecule has 13 heteroatoms. The highest BCUT2D eigenvalue weighted by Crippen LogP contribution is 2.43. The van der Waals surface area contributed by atoms with Crippen LogP contribution in [0, 0.1) is 23.7 Å². The Balaban J connectivity index is 0.000000163. The van der Waals surface area contributed by atoms with Crippen LogP contribution in [0.4, 0.5) is 0 Å². The Kier molecular flexibility index (Phi) is 13.0. The molecule has 6 aliphatic carbocycles. The molecule has 0 saturated heterocycles. The first kappa shape index (κ1) is 44.5. The molecule has 4 aromatic rings. The van der Waals surface area contributed by atoms with Gasteiger partial charge in [0.25, 0.3) is 11.8 Å². The molecule has 344 valence electrons. The summed E-state index contributed by atoms with van der Waals surface area (Å²) in [6.07, 6.45) is 25.0. The van der Waals surface area contributed by atoms with E-state index in [4.69, 9.17) is 0 Å². The van der Waals surface area contributed by atoms with Crippen LogP contribution in [0.25, 0.3) is 21.8 Å². The van der Waals surface area contributed by atoms with Crippen LogP contribution in [-0.4, -0.2) is 96.3 Å². The molecule has 2 heterocycles. The van der Waals surface area contributed by atoms with Gasteiger partial charge < -0.3 is 25.4 Å². The van der Waals surface area contributed by atoms with Gasteiger partial charge in [0.05, 0.1) is 24.9 Å². The second-order valence-corrected chi connectivity index (χ2v) is 22.2. The second-order valence-electron chi connectivity index (χ2n) is 20.3. The molecule has 10 rings (SSSR count). The van der Waals surface area contributed by atoms with Crippen LogP contribution in [0.15, 0.2) is 36.4 Å². The molecular weight excluding hydrogens is 825 g/mol. The summed E-state index contributed by atoms with van der Waals surface area (Å²) in [7, 11) is -0.125. The van der Waals surface area contributed by atoms with Gasteiger partial charge >= 0.3 is 0 Å². The highest BCUT2D eigenvalue weighted by molar-refractivity contribution is 7.89. The van der Waals surface area contributed by atoms with Crippen molar-refractivity contribution in [1.82, 2.24) is 29.4 Å². The number of likely N-dealkylation sites (N-methyl/N-ethyl adjacent to an activating group) is 2. The van der Waals surface area contributed by atoms with Crippen molar-refractivity contribution in [2.24, 2.45) is 23.7 Å². The van der Waals surface area contributed by atoms with Crippen molar-refractivity contribution in [3.05, 3.63) is 70.0 Å². The second kappa shape index (κ2) is 18.7. The molecule has 3 N–H and O–H groups in total. The molecule has 2 unspecified atom stereocenters. The third-order valence-corrected chi connectivity index (χ3v) is 16.5. The smallest absolute Gasteiger partial charge is 0.254 e. The number of aromatic nitrogens is 2. The van der Waals surface area contributed by atoms with Gasteiger partial charge in [-0.1, -0.05) is 64.2 Å². The maximum Gasteiger partial charge on any atom is 0.254 e. The average Bonchev–Trinajstić information content (AvgIpc) is 4.23. The van der Waals surface area contributed by atoms with Crippen molar-refractivity contribution in [3.8, 4) is 0 Å². The summed E-state index contributed by atoms with van der Waals surface area (Å²) in [5, 5.41) is 7.93. The van der Waals surface area contributed by atoms with E-state index in [1.54, 1.807) is 26.2 Å². The lowest BCUT2D eigenvalue weighted by atomic mass is 9.72. The maximum atomic E-state index is 13.1. The number of nitrogens with one attached hydrogen (secondary N) is 3. The average molecular weight is 893 g/mol. The fourth-order valence-electron chi connectivity index (χ4n) is 11.7. The van der Waals surface area contributed by atoms with Crippen molar-refractivity contribution in [2.75, 3.05) is 33.4 Å². The van der Waals surface area contributed by atoms with E-state index in [-0.39, 0.29) is 42.8 Å². The van der Waals surface area contributed by atoms with Crippen LogP contribution < -0.4 is 10.6 Å². The van der Waals surface area contributed by atoms with Crippen molar-refractivity contribution in [3.63, 3.8) is 0 Å². The van der Waals surface area contributed by atoms with Gasteiger partial charge in [0.15, 0.2) is 0 Å². The number of rotatable bonds is 11. The van der Waals surface area contributed by atoms with Crippen molar-refractivity contribution < 1.29 is 27.6 Å². The summed E-state index contributed by atoms with van der Waals surface area (Å²) in [5.74, 6) is 2.41. The van der Waals surface area contributed by atoms with E-state index in [0.717, 1.165) is 91.8 Å². The van der Waals surface area contributed by atoms with E-state index in [1.165, 1.54) is 107 Å². The Labute approximate surface area is 378 Å².